The van der Waals surface area contributed by atoms with E-state index in [4.69, 9.17) is 4.74 Å². The molecule has 0 saturated carbocycles. The van der Waals surface area contributed by atoms with Gasteiger partial charge in [-0.1, -0.05) is 18.2 Å². The second kappa shape index (κ2) is 8.97. The van der Waals surface area contributed by atoms with Gasteiger partial charge in [-0.25, -0.2) is 4.79 Å². The van der Waals surface area contributed by atoms with Gasteiger partial charge < -0.3 is 14.8 Å². The number of carbonyl (C=O) groups is 1. The van der Waals surface area contributed by atoms with E-state index < -0.39 is 0 Å². The van der Waals surface area contributed by atoms with Crippen molar-refractivity contribution in [3.8, 4) is 5.75 Å². The van der Waals surface area contributed by atoms with Crippen molar-refractivity contribution in [2.75, 3.05) is 33.4 Å². The zero-order chi connectivity index (χ0) is 19.2. The lowest BCUT2D eigenvalue weighted by Crippen LogP contribution is -2.45. The molecule has 1 aromatic heterocycles. The molecule has 0 bridgehead atoms. The molecule has 144 valence electrons. The van der Waals surface area contributed by atoms with Gasteiger partial charge in [0.25, 0.3) is 0 Å². The van der Waals surface area contributed by atoms with E-state index in [2.05, 4.69) is 38.1 Å². The average molecular weight is 369 g/mol. The predicted octanol–water partition coefficient (Wildman–Crippen LogP) is 2.40. The number of methoxy groups -OCH3 is 1. The molecule has 27 heavy (non-hydrogen) atoms. The number of esters is 1. The molecule has 1 fully saturated rings. The summed E-state index contributed by atoms with van der Waals surface area (Å²) >= 11 is 0. The first-order valence-corrected chi connectivity index (χ1v) is 9.23. The Morgan fingerprint density at radius 2 is 2.11 bits per heavy atom. The molecule has 2 heterocycles. The zero-order valence-corrected chi connectivity index (χ0v) is 16.2. The van der Waals surface area contributed by atoms with Gasteiger partial charge in [0.05, 0.1) is 7.11 Å². The van der Waals surface area contributed by atoms with Gasteiger partial charge in [-0.15, -0.1) is 0 Å². The predicted molar refractivity (Wildman–Crippen MR) is 104 cm³/mol. The fourth-order valence-corrected chi connectivity index (χ4v) is 3.62. The van der Waals surface area contributed by atoms with E-state index in [1.54, 1.807) is 0 Å². The molecule has 1 N–H and O–H groups in total. The maximum atomic E-state index is 11.3. The molecule has 0 spiro atoms. The van der Waals surface area contributed by atoms with E-state index in [1.807, 2.05) is 32.3 Å². The van der Waals surface area contributed by atoms with Crippen LogP contribution in [0.4, 0.5) is 0 Å². The number of aromatic nitrogens is 1. The van der Waals surface area contributed by atoms with Crippen LogP contribution in [-0.2, 0) is 16.1 Å². The Morgan fingerprint density at radius 3 is 2.78 bits per heavy atom. The molecule has 1 aliphatic heterocycles. The standard InChI is InChI=1S/C21H27N3O3/c1-15-9-17(10-16(2)21(15)27-14-20(25)26-3)13-24-8-7-23-12-19(24)18-5-4-6-22-11-18/h4-6,9-11,19,23H,7-8,12-14H2,1-3H3. The van der Waals surface area contributed by atoms with Crippen molar-refractivity contribution in [1.29, 1.82) is 0 Å². The minimum Gasteiger partial charge on any atom is -0.481 e. The minimum absolute atomic E-state index is 0.0710. The highest BCUT2D eigenvalue weighted by Gasteiger charge is 2.24. The van der Waals surface area contributed by atoms with Crippen molar-refractivity contribution in [2.45, 2.75) is 26.4 Å². The van der Waals surface area contributed by atoms with Crippen LogP contribution in [-0.4, -0.2) is 49.2 Å². The van der Waals surface area contributed by atoms with Crippen LogP contribution >= 0.6 is 0 Å². The van der Waals surface area contributed by atoms with Gasteiger partial charge in [0.15, 0.2) is 6.61 Å². The number of rotatable bonds is 6. The normalized spacial score (nSPS) is 17.5. The Morgan fingerprint density at radius 1 is 1.33 bits per heavy atom. The highest BCUT2D eigenvalue weighted by atomic mass is 16.6. The van der Waals surface area contributed by atoms with Crippen molar-refractivity contribution in [1.82, 2.24) is 15.2 Å². The second-order valence-corrected chi connectivity index (χ2v) is 6.90. The average Bonchev–Trinajstić information content (AvgIpc) is 2.68. The van der Waals surface area contributed by atoms with Crippen LogP contribution in [0.1, 0.15) is 28.3 Å². The first-order valence-electron chi connectivity index (χ1n) is 9.23. The van der Waals surface area contributed by atoms with Gasteiger partial charge in [-0.3, -0.25) is 9.88 Å². The van der Waals surface area contributed by atoms with Crippen molar-refractivity contribution < 1.29 is 14.3 Å². The number of benzene rings is 1. The summed E-state index contributed by atoms with van der Waals surface area (Å²) < 4.78 is 10.3. The molecule has 3 rings (SSSR count). The molecular weight excluding hydrogens is 342 g/mol. The zero-order valence-electron chi connectivity index (χ0n) is 16.2. The largest absolute Gasteiger partial charge is 0.481 e. The van der Waals surface area contributed by atoms with E-state index in [0.717, 1.165) is 43.1 Å². The molecule has 6 nitrogen and oxygen atoms in total. The molecule has 0 radical (unpaired) electrons. The van der Waals surface area contributed by atoms with Gasteiger partial charge in [0.1, 0.15) is 5.75 Å². The lowest BCUT2D eigenvalue weighted by Gasteiger charge is -2.36. The number of piperazine rings is 1. The van der Waals surface area contributed by atoms with Crippen LogP contribution in [0.5, 0.6) is 5.75 Å². The van der Waals surface area contributed by atoms with Gasteiger partial charge >= 0.3 is 5.97 Å². The Bertz CT molecular complexity index is 756. The quantitative estimate of drug-likeness (QED) is 0.789. The van der Waals surface area contributed by atoms with E-state index in [1.165, 1.54) is 18.2 Å². The van der Waals surface area contributed by atoms with E-state index >= 15 is 0 Å². The fourth-order valence-electron chi connectivity index (χ4n) is 3.62. The first-order chi connectivity index (χ1) is 13.1. The van der Waals surface area contributed by atoms with Crippen LogP contribution < -0.4 is 10.1 Å². The number of nitrogens with zero attached hydrogens (tertiary/aromatic N) is 2. The molecule has 0 amide bonds. The Balaban J connectivity index is 1.75. The first kappa shape index (κ1) is 19.3. The second-order valence-electron chi connectivity index (χ2n) is 6.90. The number of nitrogens with one attached hydrogen (secondary N) is 1. The molecule has 0 aliphatic carbocycles. The van der Waals surface area contributed by atoms with E-state index in [9.17, 15) is 4.79 Å². The summed E-state index contributed by atoms with van der Waals surface area (Å²) in [6, 6.07) is 8.72. The fraction of sp³-hybridized carbons (Fsp3) is 0.429. The van der Waals surface area contributed by atoms with Crippen molar-refractivity contribution in [3.05, 3.63) is 58.9 Å². The number of ether oxygens (including phenoxy) is 2. The maximum Gasteiger partial charge on any atom is 0.343 e. The number of pyridine rings is 1. The number of hydrogen-bond acceptors (Lipinski definition) is 6. The van der Waals surface area contributed by atoms with E-state index in [0.29, 0.717) is 6.04 Å². The summed E-state index contributed by atoms with van der Waals surface area (Å²) in [6.07, 6.45) is 3.76. The van der Waals surface area contributed by atoms with Gasteiger partial charge in [0, 0.05) is 44.6 Å². The maximum absolute atomic E-state index is 11.3. The molecular formula is C21H27N3O3. The summed E-state index contributed by atoms with van der Waals surface area (Å²) in [6.45, 7) is 7.70. The summed E-state index contributed by atoms with van der Waals surface area (Å²) in [5.74, 6) is 0.381. The topological polar surface area (TPSA) is 63.7 Å². The lowest BCUT2D eigenvalue weighted by molar-refractivity contribution is -0.142. The Kier molecular flexibility index (Phi) is 6.42. The summed E-state index contributed by atoms with van der Waals surface area (Å²) in [5.41, 5.74) is 4.53. The highest BCUT2D eigenvalue weighted by Crippen LogP contribution is 2.28. The number of aryl methyl sites for hydroxylation is 2. The van der Waals surface area contributed by atoms with Crippen LogP contribution in [0, 0.1) is 13.8 Å². The van der Waals surface area contributed by atoms with Gasteiger partial charge in [0.2, 0.25) is 0 Å². The third-order valence-electron chi connectivity index (χ3n) is 4.89. The molecule has 1 saturated heterocycles. The van der Waals surface area contributed by atoms with Crippen LogP contribution in [0.15, 0.2) is 36.7 Å². The SMILES string of the molecule is COC(=O)COc1c(C)cc(CN2CCNCC2c2cccnc2)cc1C. The lowest BCUT2D eigenvalue weighted by atomic mass is 10.0. The molecule has 1 aromatic carbocycles. The van der Waals surface area contributed by atoms with Crippen molar-refractivity contribution >= 4 is 5.97 Å². The molecule has 1 aliphatic rings. The molecule has 1 atom stereocenters. The summed E-state index contributed by atoms with van der Waals surface area (Å²) in [5, 5.41) is 3.48. The van der Waals surface area contributed by atoms with Crippen molar-refractivity contribution in [2.24, 2.45) is 0 Å². The van der Waals surface area contributed by atoms with Crippen LogP contribution in [0.2, 0.25) is 0 Å². The third kappa shape index (κ3) is 4.84. The number of carbonyl (C=O) groups excluding carboxylic acids is 1. The molecule has 6 heteroatoms. The Hall–Kier alpha value is -2.44. The third-order valence-corrected chi connectivity index (χ3v) is 4.89. The molecule has 1 unspecified atom stereocenters. The van der Waals surface area contributed by atoms with Crippen LogP contribution in [0.25, 0.3) is 0 Å². The Labute approximate surface area is 160 Å². The van der Waals surface area contributed by atoms with Gasteiger partial charge in [-0.05, 0) is 42.2 Å². The van der Waals surface area contributed by atoms with Gasteiger partial charge in [-0.2, -0.15) is 0 Å². The smallest absolute Gasteiger partial charge is 0.343 e. The van der Waals surface area contributed by atoms with E-state index in [-0.39, 0.29) is 12.6 Å². The monoisotopic (exact) mass is 369 g/mol. The summed E-state index contributed by atoms with van der Waals surface area (Å²) in [4.78, 5) is 18.1. The van der Waals surface area contributed by atoms with Crippen molar-refractivity contribution in [3.63, 3.8) is 0 Å². The number of hydrogen-bond donors (Lipinski definition) is 1. The van der Waals surface area contributed by atoms with Crippen LogP contribution in [0.3, 0.4) is 0 Å². The molecule has 2 aromatic rings. The highest BCUT2D eigenvalue weighted by molar-refractivity contribution is 5.71. The summed E-state index contributed by atoms with van der Waals surface area (Å²) in [7, 11) is 1.36. The minimum atomic E-state index is -0.377.